The molecule has 1 aliphatic rings. The Morgan fingerprint density at radius 3 is 2.63 bits per heavy atom. The van der Waals surface area contributed by atoms with Gasteiger partial charge in [0.15, 0.2) is 11.5 Å². The molecule has 0 aliphatic carbocycles. The summed E-state index contributed by atoms with van der Waals surface area (Å²) in [6.45, 7) is 1.54. The van der Waals surface area contributed by atoms with Crippen LogP contribution in [0, 0.1) is 0 Å². The zero-order valence-corrected chi connectivity index (χ0v) is 11.6. The van der Waals surface area contributed by atoms with Gasteiger partial charge >= 0.3 is 0 Å². The van der Waals surface area contributed by atoms with Crippen LogP contribution in [-0.2, 0) is 0 Å². The lowest BCUT2D eigenvalue weighted by Gasteiger charge is -2.17. The van der Waals surface area contributed by atoms with Crippen molar-refractivity contribution in [2.24, 2.45) is 0 Å². The number of hydrogen-bond acceptors (Lipinski definition) is 4. The molecule has 1 N–H and O–H groups in total. The molecule has 5 nitrogen and oxygen atoms in total. The number of rotatable bonds is 4. The van der Waals surface area contributed by atoms with Gasteiger partial charge in [0.05, 0.1) is 14.2 Å². The van der Waals surface area contributed by atoms with Crippen LogP contribution in [0.2, 0.25) is 0 Å². The van der Waals surface area contributed by atoms with E-state index in [2.05, 4.69) is 5.32 Å². The Morgan fingerprint density at radius 2 is 2.05 bits per heavy atom. The SMILES string of the molecule is CNC1CCN(C(=O)c2ccc(OC)c(OC)c2)C1. The minimum Gasteiger partial charge on any atom is -0.493 e. The molecule has 1 saturated heterocycles. The molecule has 104 valence electrons. The average Bonchev–Trinajstić information content (AvgIpc) is 2.94. The van der Waals surface area contributed by atoms with Crippen molar-refractivity contribution in [3.8, 4) is 11.5 Å². The molecule has 1 atom stereocenters. The fourth-order valence-electron chi connectivity index (χ4n) is 2.33. The van der Waals surface area contributed by atoms with Crippen molar-refractivity contribution in [1.29, 1.82) is 0 Å². The van der Waals surface area contributed by atoms with Crippen LogP contribution in [0.5, 0.6) is 11.5 Å². The predicted octanol–water partition coefficient (Wildman–Crippen LogP) is 1.14. The van der Waals surface area contributed by atoms with Crippen LogP contribution in [0.25, 0.3) is 0 Å². The summed E-state index contributed by atoms with van der Waals surface area (Å²) in [4.78, 5) is 14.2. The number of amides is 1. The smallest absolute Gasteiger partial charge is 0.254 e. The summed E-state index contributed by atoms with van der Waals surface area (Å²) in [5.41, 5.74) is 0.634. The standard InChI is InChI=1S/C14H20N2O3/c1-15-11-6-7-16(9-11)14(17)10-4-5-12(18-2)13(8-10)19-3/h4-5,8,11,15H,6-7,9H2,1-3H3. The highest BCUT2D eigenvalue weighted by Gasteiger charge is 2.26. The van der Waals surface area contributed by atoms with Crippen LogP contribution >= 0.6 is 0 Å². The minimum absolute atomic E-state index is 0.0405. The number of methoxy groups -OCH3 is 2. The van der Waals surface area contributed by atoms with E-state index in [1.807, 2.05) is 11.9 Å². The lowest BCUT2D eigenvalue weighted by atomic mass is 10.1. The Kier molecular flexibility index (Phi) is 4.27. The van der Waals surface area contributed by atoms with E-state index in [9.17, 15) is 4.79 Å². The van der Waals surface area contributed by atoms with E-state index in [0.29, 0.717) is 23.1 Å². The second kappa shape index (κ2) is 5.93. The number of nitrogens with one attached hydrogen (secondary N) is 1. The van der Waals surface area contributed by atoms with Crippen molar-refractivity contribution < 1.29 is 14.3 Å². The van der Waals surface area contributed by atoms with Gasteiger partial charge < -0.3 is 19.7 Å². The molecule has 1 amide bonds. The first-order valence-electron chi connectivity index (χ1n) is 6.38. The third kappa shape index (κ3) is 2.81. The van der Waals surface area contributed by atoms with E-state index < -0.39 is 0 Å². The fourth-order valence-corrected chi connectivity index (χ4v) is 2.33. The molecule has 0 spiro atoms. The summed E-state index contributed by atoms with van der Waals surface area (Å²) in [5.74, 6) is 1.25. The Hall–Kier alpha value is -1.75. The van der Waals surface area contributed by atoms with Gasteiger partial charge in [0, 0.05) is 24.7 Å². The molecule has 19 heavy (non-hydrogen) atoms. The zero-order chi connectivity index (χ0) is 13.8. The number of likely N-dealkylation sites (N-methyl/N-ethyl adjacent to an activating group) is 1. The average molecular weight is 264 g/mol. The molecule has 1 aliphatic heterocycles. The van der Waals surface area contributed by atoms with Crippen molar-refractivity contribution in [1.82, 2.24) is 10.2 Å². The van der Waals surface area contributed by atoms with Crippen LogP contribution in [0.3, 0.4) is 0 Å². The lowest BCUT2D eigenvalue weighted by molar-refractivity contribution is 0.0789. The number of ether oxygens (including phenoxy) is 2. The number of likely N-dealkylation sites (tertiary alicyclic amines) is 1. The predicted molar refractivity (Wildman–Crippen MR) is 72.9 cm³/mol. The van der Waals surface area contributed by atoms with Gasteiger partial charge in [0.2, 0.25) is 0 Å². The number of benzene rings is 1. The Bertz CT molecular complexity index is 462. The third-order valence-corrected chi connectivity index (χ3v) is 3.51. The van der Waals surface area contributed by atoms with Gasteiger partial charge in [-0.15, -0.1) is 0 Å². The molecule has 1 aromatic rings. The molecule has 1 heterocycles. The monoisotopic (exact) mass is 264 g/mol. The molecule has 0 aromatic heterocycles. The molecular formula is C14H20N2O3. The van der Waals surface area contributed by atoms with Crippen LogP contribution < -0.4 is 14.8 Å². The summed E-state index contributed by atoms with van der Waals surface area (Å²) in [6.07, 6.45) is 0.996. The maximum atomic E-state index is 12.4. The Balaban J connectivity index is 2.15. The number of carbonyl (C=O) groups excluding carboxylic acids is 1. The molecule has 0 radical (unpaired) electrons. The quantitative estimate of drug-likeness (QED) is 0.886. The summed E-state index contributed by atoms with van der Waals surface area (Å²) >= 11 is 0. The highest BCUT2D eigenvalue weighted by atomic mass is 16.5. The molecule has 5 heteroatoms. The van der Waals surface area contributed by atoms with Crippen molar-refractivity contribution in [3.63, 3.8) is 0 Å². The summed E-state index contributed by atoms with van der Waals surface area (Å²) in [7, 11) is 5.07. The van der Waals surface area contributed by atoms with Gasteiger partial charge in [-0.05, 0) is 31.7 Å². The van der Waals surface area contributed by atoms with Gasteiger partial charge in [-0.25, -0.2) is 0 Å². The summed E-state index contributed by atoms with van der Waals surface area (Å²) < 4.78 is 10.4. The van der Waals surface area contributed by atoms with E-state index in [-0.39, 0.29) is 5.91 Å². The van der Waals surface area contributed by atoms with Crippen molar-refractivity contribution in [2.75, 3.05) is 34.4 Å². The second-order valence-electron chi connectivity index (χ2n) is 4.60. The van der Waals surface area contributed by atoms with Crippen molar-refractivity contribution >= 4 is 5.91 Å². The largest absolute Gasteiger partial charge is 0.493 e. The maximum Gasteiger partial charge on any atom is 0.254 e. The summed E-state index contributed by atoms with van der Waals surface area (Å²) in [6, 6.07) is 5.66. The van der Waals surface area contributed by atoms with E-state index in [0.717, 1.165) is 19.5 Å². The third-order valence-electron chi connectivity index (χ3n) is 3.51. The highest BCUT2D eigenvalue weighted by molar-refractivity contribution is 5.95. The number of carbonyl (C=O) groups is 1. The van der Waals surface area contributed by atoms with Gasteiger partial charge in [0.1, 0.15) is 0 Å². The van der Waals surface area contributed by atoms with Crippen molar-refractivity contribution in [3.05, 3.63) is 23.8 Å². The van der Waals surface area contributed by atoms with E-state index in [1.54, 1.807) is 32.4 Å². The molecule has 1 aromatic carbocycles. The van der Waals surface area contributed by atoms with E-state index in [4.69, 9.17) is 9.47 Å². The molecule has 0 bridgehead atoms. The van der Waals surface area contributed by atoms with Crippen LogP contribution in [0.15, 0.2) is 18.2 Å². The first kappa shape index (κ1) is 13.7. The van der Waals surface area contributed by atoms with Gasteiger partial charge in [-0.1, -0.05) is 0 Å². The normalized spacial score (nSPS) is 18.5. The van der Waals surface area contributed by atoms with Crippen LogP contribution in [-0.4, -0.2) is 51.2 Å². The second-order valence-corrected chi connectivity index (χ2v) is 4.60. The van der Waals surface area contributed by atoms with Crippen LogP contribution in [0.4, 0.5) is 0 Å². The molecule has 1 unspecified atom stereocenters. The fraction of sp³-hybridized carbons (Fsp3) is 0.500. The lowest BCUT2D eigenvalue weighted by Crippen LogP contribution is -2.33. The zero-order valence-electron chi connectivity index (χ0n) is 11.6. The Morgan fingerprint density at radius 1 is 1.32 bits per heavy atom. The van der Waals surface area contributed by atoms with Crippen molar-refractivity contribution in [2.45, 2.75) is 12.5 Å². The van der Waals surface area contributed by atoms with E-state index >= 15 is 0 Å². The highest BCUT2D eigenvalue weighted by Crippen LogP contribution is 2.28. The van der Waals surface area contributed by atoms with Crippen LogP contribution in [0.1, 0.15) is 16.8 Å². The number of hydrogen-bond donors (Lipinski definition) is 1. The van der Waals surface area contributed by atoms with Gasteiger partial charge in [0.25, 0.3) is 5.91 Å². The topological polar surface area (TPSA) is 50.8 Å². The molecular weight excluding hydrogens is 244 g/mol. The molecule has 1 fully saturated rings. The summed E-state index contributed by atoms with van der Waals surface area (Å²) in [5, 5.41) is 3.20. The van der Waals surface area contributed by atoms with Gasteiger partial charge in [-0.3, -0.25) is 4.79 Å². The number of nitrogens with zero attached hydrogens (tertiary/aromatic N) is 1. The first-order valence-corrected chi connectivity index (χ1v) is 6.38. The van der Waals surface area contributed by atoms with E-state index in [1.165, 1.54) is 0 Å². The van der Waals surface area contributed by atoms with Gasteiger partial charge in [-0.2, -0.15) is 0 Å². The maximum absolute atomic E-state index is 12.4. The Labute approximate surface area is 113 Å². The minimum atomic E-state index is 0.0405. The first-order chi connectivity index (χ1) is 9.19. The molecule has 0 saturated carbocycles. The molecule has 2 rings (SSSR count).